The smallest absolute Gasteiger partial charge is 0.382 e. The van der Waals surface area contributed by atoms with Gasteiger partial charge in [0.2, 0.25) is 5.95 Å². The van der Waals surface area contributed by atoms with Crippen LogP contribution in [0.3, 0.4) is 0 Å². The summed E-state index contributed by atoms with van der Waals surface area (Å²) in [5.41, 5.74) is -0.776. The van der Waals surface area contributed by atoms with Gasteiger partial charge in [-0.1, -0.05) is 0 Å². The van der Waals surface area contributed by atoms with Gasteiger partial charge in [0.15, 0.2) is 0 Å². The number of H-pyrrole nitrogens is 1. The average molecular weight is 590 g/mol. The van der Waals surface area contributed by atoms with E-state index in [4.69, 9.17) is 9.47 Å². The number of aromatic nitrogens is 4. The number of likely N-dealkylation sites (tertiary alicyclic amines) is 1. The Bertz CT molecular complexity index is 1130. The molecule has 37 heavy (non-hydrogen) atoms. The van der Waals surface area contributed by atoms with Crippen molar-refractivity contribution < 1.29 is 27.4 Å². The highest BCUT2D eigenvalue weighted by molar-refractivity contribution is 9.10. The van der Waals surface area contributed by atoms with E-state index in [-0.39, 0.29) is 42.7 Å². The second kappa shape index (κ2) is 11.7. The van der Waals surface area contributed by atoms with Gasteiger partial charge in [-0.25, -0.2) is 15.1 Å². The quantitative estimate of drug-likeness (QED) is 0.452. The van der Waals surface area contributed by atoms with Gasteiger partial charge < -0.3 is 24.6 Å². The normalized spacial score (nSPS) is 19.9. The number of alkyl halides is 3. The lowest BCUT2D eigenvalue weighted by atomic mass is 10.0. The molecular formula is C22H27BrF3N7O4. The molecule has 4 heterocycles. The maximum atomic E-state index is 13.1. The second-order valence-electron chi connectivity index (χ2n) is 8.85. The van der Waals surface area contributed by atoms with Crippen LogP contribution in [0.5, 0.6) is 0 Å². The number of anilines is 2. The number of ether oxygens (including phenoxy) is 2. The third kappa shape index (κ3) is 6.57. The minimum atomic E-state index is -4.48. The number of hydrogen-bond acceptors (Lipinski definition) is 9. The molecule has 0 bridgehead atoms. The molecule has 0 aromatic carbocycles. The summed E-state index contributed by atoms with van der Waals surface area (Å²) >= 11 is 3.22. The zero-order chi connectivity index (χ0) is 26.6. The van der Waals surface area contributed by atoms with Crippen LogP contribution in [0.4, 0.5) is 24.8 Å². The Morgan fingerprint density at radius 3 is 2.49 bits per heavy atom. The Labute approximate surface area is 218 Å². The van der Waals surface area contributed by atoms with Crippen LogP contribution < -0.4 is 15.8 Å². The zero-order valence-electron chi connectivity index (χ0n) is 20.0. The van der Waals surface area contributed by atoms with Crippen LogP contribution in [0.15, 0.2) is 27.9 Å². The number of piperidine rings is 1. The Balaban J connectivity index is 1.28. The largest absolute Gasteiger partial charge is 0.419 e. The minimum absolute atomic E-state index is 0.0118. The van der Waals surface area contributed by atoms with Crippen molar-refractivity contribution in [3.05, 3.63) is 39.0 Å². The van der Waals surface area contributed by atoms with E-state index in [2.05, 4.69) is 41.4 Å². The third-order valence-corrected chi connectivity index (χ3v) is 7.15. The first-order valence-electron chi connectivity index (χ1n) is 11.7. The van der Waals surface area contributed by atoms with Crippen molar-refractivity contribution in [1.29, 1.82) is 0 Å². The fraction of sp³-hybridized carbons (Fsp3) is 0.591. The highest BCUT2D eigenvalue weighted by Gasteiger charge is 2.38. The monoisotopic (exact) mass is 589 g/mol. The van der Waals surface area contributed by atoms with Crippen LogP contribution in [0, 0.1) is 0 Å². The molecule has 2 saturated heterocycles. The number of carbonyl (C=O) groups is 1. The van der Waals surface area contributed by atoms with Crippen LogP contribution in [0.25, 0.3) is 0 Å². The first-order chi connectivity index (χ1) is 17.7. The summed E-state index contributed by atoms with van der Waals surface area (Å²) in [6.07, 6.45) is -0.155. The number of nitrogens with one attached hydrogen (secondary N) is 2. The molecule has 2 aromatic heterocycles. The molecular weight excluding hydrogens is 563 g/mol. The van der Waals surface area contributed by atoms with Crippen molar-refractivity contribution >= 4 is 33.5 Å². The van der Waals surface area contributed by atoms with Crippen LogP contribution >= 0.6 is 15.9 Å². The maximum absolute atomic E-state index is 13.1. The SMILES string of the molecule is COC[C@@H](CO[C@H]1CCN(C2CCN(c3ncc(C(F)(F)F)cn3)CC2)C1=O)Nc1cn[nH]c(=O)c1Br. The molecule has 2 aliphatic rings. The number of carbonyl (C=O) groups excluding carboxylic acids is 1. The van der Waals surface area contributed by atoms with Crippen LogP contribution in [0.2, 0.25) is 0 Å². The van der Waals surface area contributed by atoms with Gasteiger partial charge in [0.1, 0.15) is 10.6 Å². The fourth-order valence-corrected chi connectivity index (χ4v) is 4.78. The molecule has 1 amide bonds. The number of nitrogens with zero attached hydrogens (tertiary/aromatic N) is 5. The summed E-state index contributed by atoms with van der Waals surface area (Å²) < 4.78 is 49.8. The number of aromatic amines is 1. The molecule has 0 unspecified atom stereocenters. The average Bonchev–Trinajstić information content (AvgIpc) is 3.25. The molecule has 0 saturated carbocycles. The first kappa shape index (κ1) is 27.3. The summed E-state index contributed by atoms with van der Waals surface area (Å²) in [5, 5.41) is 9.26. The van der Waals surface area contributed by atoms with E-state index in [9.17, 15) is 22.8 Å². The molecule has 2 aliphatic heterocycles. The molecule has 2 atom stereocenters. The number of methoxy groups -OCH3 is 1. The number of rotatable bonds is 9. The summed E-state index contributed by atoms with van der Waals surface area (Å²) in [4.78, 5) is 36.2. The van der Waals surface area contributed by atoms with Gasteiger partial charge in [0, 0.05) is 51.6 Å². The van der Waals surface area contributed by atoms with Crippen molar-refractivity contribution in [3.63, 3.8) is 0 Å². The Morgan fingerprint density at radius 1 is 1.14 bits per heavy atom. The van der Waals surface area contributed by atoms with Crippen molar-refractivity contribution in [1.82, 2.24) is 25.1 Å². The lowest BCUT2D eigenvalue weighted by Gasteiger charge is -2.36. The van der Waals surface area contributed by atoms with Crippen molar-refractivity contribution in [2.45, 2.75) is 43.6 Å². The summed E-state index contributed by atoms with van der Waals surface area (Å²) in [6.45, 7) is 2.10. The van der Waals surface area contributed by atoms with Gasteiger partial charge in [-0.2, -0.15) is 18.3 Å². The predicted molar refractivity (Wildman–Crippen MR) is 130 cm³/mol. The standard InChI is InChI=1S/C22H27BrF3N7O4/c1-36-11-14(30-16-10-29-31-19(34)18(16)23)12-37-17-4-7-33(20(17)35)15-2-5-32(6-3-15)21-27-8-13(9-28-21)22(24,25)26/h8-10,14-15,17H,2-7,11-12H2,1H3,(H2,30,31,34)/t14-,17-/m0/s1. The number of amides is 1. The minimum Gasteiger partial charge on any atom is -0.382 e. The number of halogens is 4. The first-order valence-corrected chi connectivity index (χ1v) is 12.5. The van der Waals surface area contributed by atoms with Gasteiger partial charge in [-0.15, -0.1) is 0 Å². The predicted octanol–water partition coefficient (Wildman–Crippen LogP) is 2.05. The van der Waals surface area contributed by atoms with E-state index >= 15 is 0 Å². The molecule has 4 rings (SSSR count). The van der Waals surface area contributed by atoms with Crippen LogP contribution in [-0.4, -0.2) is 89.1 Å². The second-order valence-corrected chi connectivity index (χ2v) is 9.65. The molecule has 15 heteroatoms. The van der Waals surface area contributed by atoms with E-state index in [1.807, 2.05) is 9.80 Å². The van der Waals surface area contributed by atoms with Gasteiger partial charge in [0.05, 0.1) is 36.7 Å². The summed E-state index contributed by atoms with van der Waals surface area (Å²) in [5.74, 6) is 0.165. The van der Waals surface area contributed by atoms with Crippen molar-refractivity contribution in [3.8, 4) is 0 Å². The molecule has 2 fully saturated rings. The van der Waals surface area contributed by atoms with Gasteiger partial charge in [-0.3, -0.25) is 9.59 Å². The Morgan fingerprint density at radius 2 is 1.84 bits per heavy atom. The van der Waals surface area contributed by atoms with Crippen LogP contribution in [0.1, 0.15) is 24.8 Å². The summed E-state index contributed by atoms with van der Waals surface area (Å²) in [6, 6.07) is -0.309. The number of hydrogen-bond donors (Lipinski definition) is 2. The van der Waals surface area contributed by atoms with Crippen molar-refractivity contribution in [2.24, 2.45) is 0 Å². The molecule has 0 aliphatic carbocycles. The topological polar surface area (TPSA) is 126 Å². The lowest BCUT2D eigenvalue weighted by molar-refractivity contribution is -0.140. The van der Waals surface area contributed by atoms with E-state index in [0.717, 1.165) is 12.4 Å². The van der Waals surface area contributed by atoms with Crippen molar-refractivity contribution in [2.75, 3.05) is 50.2 Å². The van der Waals surface area contributed by atoms with E-state index in [1.165, 1.54) is 6.20 Å². The highest BCUT2D eigenvalue weighted by atomic mass is 79.9. The molecule has 0 spiro atoms. The van der Waals surface area contributed by atoms with Gasteiger partial charge in [0.25, 0.3) is 11.5 Å². The Kier molecular flexibility index (Phi) is 8.64. The van der Waals surface area contributed by atoms with Crippen LogP contribution in [-0.2, 0) is 20.4 Å². The van der Waals surface area contributed by atoms with Gasteiger partial charge >= 0.3 is 6.18 Å². The van der Waals surface area contributed by atoms with E-state index in [0.29, 0.717) is 49.1 Å². The highest BCUT2D eigenvalue weighted by Crippen LogP contribution is 2.29. The molecule has 2 aromatic rings. The molecule has 2 N–H and O–H groups in total. The zero-order valence-corrected chi connectivity index (χ0v) is 21.6. The fourth-order valence-electron chi connectivity index (χ4n) is 4.47. The van der Waals surface area contributed by atoms with Gasteiger partial charge in [-0.05, 0) is 28.8 Å². The lowest BCUT2D eigenvalue weighted by Crippen LogP contribution is -2.47. The third-order valence-electron chi connectivity index (χ3n) is 6.37. The Hall–Kier alpha value is -2.78. The maximum Gasteiger partial charge on any atom is 0.419 e. The molecule has 0 radical (unpaired) electrons. The summed E-state index contributed by atoms with van der Waals surface area (Å²) in [7, 11) is 1.55. The van der Waals surface area contributed by atoms with E-state index in [1.54, 1.807) is 7.11 Å². The molecule has 11 nitrogen and oxygen atoms in total. The molecule has 202 valence electrons. The van der Waals surface area contributed by atoms with E-state index < -0.39 is 17.8 Å².